The molecule has 0 aromatic carbocycles. The summed E-state index contributed by atoms with van der Waals surface area (Å²) in [5.41, 5.74) is 3.14. The summed E-state index contributed by atoms with van der Waals surface area (Å²) in [6.07, 6.45) is 3.41. The highest BCUT2D eigenvalue weighted by atomic mass is 35.5. The number of rotatable bonds is 6. The van der Waals surface area contributed by atoms with E-state index in [2.05, 4.69) is 30.4 Å². The van der Waals surface area contributed by atoms with E-state index in [-0.39, 0.29) is 0 Å². The molecule has 1 unspecified atom stereocenters. The number of alkyl halides is 1. The highest BCUT2D eigenvalue weighted by Crippen LogP contribution is 2.28. The lowest BCUT2D eigenvalue weighted by Crippen LogP contribution is -2.14. The van der Waals surface area contributed by atoms with Crippen LogP contribution in [0.15, 0.2) is 0 Å². The second kappa shape index (κ2) is 5.95. The number of aryl methyl sites for hydroxylation is 2. The fraction of sp³-hybridized carbons (Fsp3) is 0.714. The van der Waals surface area contributed by atoms with E-state index >= 15 is 0 Å². The number of nitrogens with zero attached hydrogens (tertiary/aromatic N) is 4. The van der Waals surface area contributed by atoms with Crippen molar-refractivity contribution < 1.29 is 0 Å². The Balaban J connectivity index is 2.67. The number of fused-ring (bicyclic) bond motifs is 1. The molecule has 106 valence electrons. The maximum absolute atomic E-state index is 6.10. The van der Waals surface area contributed by atoms with Gasteiger partial charge < -0.3 is 4.57 Å². The van der Waals surface area contributed by atoms with Crippen LogP contribution in [-0.4, -0.2) is 19.3 Å². The SMILES string of the molecule is CCCC(CC)n1c(CCl)nc2c(C)nn(CC)c21. The molecular weight excluding hydrogens is 260 g/mol. The van der Waals surface area contributed by atoms with Gasteiger partial charge in [0.2, 0.25) is 0 Å². The monoisotopic (exact) mass is 282 g/mol. The van der Waals surface area contributed by atoms with Crippen molar-refractivity contribution in [3.8, 4) is 0 Å². The van der Waals surface area contributed by atoms with E-state index < -0.39 is 0 Å². The Kier molecular flexibility index (Phi) is 4.50. The van der Waals surface area contributed by atoms with Gasteiger partial charge in [0.25, 0.3) is 0 Å². The van der Waals surface area contributed by atoms with Gasteiger partial charge in [-0.3, -0.25) is 0 Å². The summed E-state index contributed by atoms with van der Waals surface area (Å²) in [4.78, 5) is 4.70. The van der Waals surface area contributed by atoms with Gasteiger partial charge in [0.1, 0.15) is 11.3 Å². The maximum Gasteiger partial charge on any atom is 0.159 e. The van der Waals surface area contributed by atoms with Crippen LogP contribution in [-0.2, 0) is 12.4 Å². The largest absolute Gasteiger partial charge is 0.309 e. The van der Waals surface area contributed by atoms with E-state index in [0.29, 0.717) is 11.9 Å². The summed E-state index contributed by atoms with van der Waals surface area (Å²) in [5, 5.41) is 4.57. The molecule has 0 spiro atoms. The first kappa shape index (κ1) is 14.4. The fourth-order valence-electron chi connectivity index (χ4n) is 2.78. The predicted octanol–water partition coefficient (Wildman–Crippen LogP) is 4.05. The van der Waals surface area contributed by atoms with Crippen molar-refractivity contribution >= 4 is 22.8 Å². The normalized spacial score (nSPS) is 13.3. The average molecular weight is 283 g/mol. The molecule has 0 fully saturated rings. The first-order chi connectivity index (χ1) is 9.17. The summed E-state index contributed by atoms with van der Waals surface area (Å²) in [6, 6.07) is 0.463. The van der Waals surface area contributed by atoms with Gasteiger partial charge >= 0.3 is 0 Å². The Bertz CT molecular complexity index is 555. The van der Waals surface area contributed by atoms with Gasteiger partial charge in [-0.25, -0.2) is 9.67 Å². The van der Waals surface area contributed by atoms with Crippen LogP contribution in [0.2, 0.25) is 0 Å². The van der Waals surface area contributed by atoms with Crippen LogP contribution in [0.25, 0.3) is 11.2 Å². The number of imidazole rings is 1. The van der Waals surface area contributed by atoms with E-state index in [1.54, 1.807) is 0 Å². The van der Waals surface area contributed by atoms with Crippen molar-refractivity contribution in [2.24, 2.45) is 0 Å². The smallest absolute Gasteiger partial charge is 0.159 e. The molecule has 1 atom stereocenters. The molecule has 0 bridgehead atoms. The summed E-state index contributed by atoms with van der Waals surface area (Å²) in [7, 11) is 0. The van der Waals surface area contributed by atoms with Gasteiger partial charge in [0.15, 0.2) is 5.65 Å². The van der Waals surface area contributed by atoms with Gasteiger partial charge in [0, 0.05) is 12.6 Å². The molecule has 0 radical (unpaired) electrons. The number of hydrogen-bond acceptors (Lipinski definition) is 2. The Hall–Kier alpha value is -1.03. The Labute approximate surface area is 119 Å². The fourth-order valence-corrected chi connectivity index (χ4v) is 2.97. The third-order valence-corrected chi connectivity index (χ3v) is 3.93. The van der Waals surface area contributed by atoms with Crippen LogP contribution in [0.4, 0.5) is 0 Å². The molecule has 2 aromatic heterocycles. The second-order valence-corrected chi connectivity index (χ2v) is 5.22. The van der Waals surface area contributed by atoms with Crippen LogP contribution < -0.4 is 0 Å². The zero-order valence-electron chi connectivity index (χ0n) is 12.3. The maximum atomic E-state index is 6.10. The first-order valence-electron chi connectivity index (χ1n) is 7.17. The van der Waals surface area contributed by atoms with Crippen LogP contribution in [0.5, 0.6) is 0 Å². The van der Waals surface area contributed by atoms with Crippen LogP contribution in [0.3, 0.4) is 0 Å². The number of halogens is 1. The van der Waals surface area contributed by atoms with Crippen molar-refractivity contribution in [2.45, 2.75) is 65.4 Å². The minimum absolute atomic E-state index is 0.456. The lowest BCUT2D eigenvalue weighted by atomic mass is 10.1. The third-order valence-electron chi connectivity index (χ3n) is 3.69. The first-order valence-corrected chi connectivity index (χ1v) is 7.71. The van der Waals surface area contributed by atoms with Crippen LogP contribution >= 0.6 is 11.6 Å². The Morgan fingerprint density at radius 1 is 1.26 bits per heavy atom. The average Bonchev–Trinajstić information content (AvgIpc) is 2.94. The van der Waals surface area contributed by atoms with Crippen molar-refractivity contribution in [3.63, 3.8) is 0 Å². The highest BCUT2D eigenvalue weighted by Gasteiger charge is 2.22. The topological polar surface area (TPSA) is 35.6 Å². The molecule has 0 saturated heterocycles. The molecule has 2 aromatic rings. The Morgan fingerprint density at radius 3 is 2.53 bits per heavy atom. The Morgan fingerprint density at radius 2 is 2.00 bits per heavy atom. The van der Waals surface area contributed by atoms with Crippen molar-refractivity contribution in [1.29, 1.82) is 0 Å². The molecule has 5 heteroatoms. The molecular formula is C14H23ClN4. The van der Waals surface area contributed by atoms with E-state index in [0.717, 1.165) is 42.1 Å². The summed E-state index contributed by atoms with van der Waals surface area (Å²) >= 11 is 6.10. The van der Waals surface area contributed by atoms with Gasteiger partial charge in [0.05, 0.1) is 11.6 Å². The van der Waals surface area contributed by atoms with Gasteiger partial charge in [-0.15, -0.1) is 11.6 Å². The number of aromatic nitrogens is 4. The molecule has 19 heavy (non-hydrogen) atoms. The van der Waals surface area contributed by atoms with Crippen LogP contribution in [0.1, 0.15) is 57.6 Å². The molecule has 0 saturated carbocycles. The van der Waals surface area contributed by atoms with Crippen LogP contribution in [0, 0.1) is 6.92 Å². The highest BCUT2D eigenvalue weighted by molar-refractivity contribution is 6.16. The molecule has 0 aliphatic carbocycles. The summed E-state index contributed by atoms with van der Waals surface area (Å²) in [6.45, 7) is 9.44. The van der Waals surface area contributed by atoms with E-state index in [1.807, 2.05) is 11.6 Å². The third kappa shape index (κ3) is 2.38. The van der Waals surface area contributed by atoms with Crippen molar-refractivity contribution in [2.75, 3.05) is 0 Å². The zero-order valence-corrected chi connectivity index (χ0v) is 13.0. The van der Waals surface area contributed by atoms with E-state index in [9.17, 15) is 0 Å². The molecule has 0 aliphatic rings. The predicted molar refractivity (Wildman–Crippen MR) is 79.7 cm³/mol. The molecule has 0 N–H and O–H groups in total. The van der Waals surface area contributed by atoms with Gasteiger partial charge in [-0.1, -0.05) is 20.3 Å². The van der Waals surface area contributed by atoms with Gasteiger partial charge in [-0.05, 0) is 26.7 Å². The number of hydrogen-bond donors (Lipinski definition) is 0. The summed E-state index contributed by atoms with van der Waals surface area (Å²) < 4.78 is 4.36. The van der Waals surface area contributed by atoms with Crippen molar-refractivity contribution in [1.82, 2.24) is 19.3 Å². The zero-order chi connectivity index (χ0) is 14.0. The molecule has 4 nitrogen and oxygen atoms in total. The quantitative estimate of drug-likeness (QED) is 0.749. The minimum Gasteiger partial charge on any atom is -0.309 e. The van der Waals surface area contributed by atoms with Crippen molar-refractivity contribution in [3.05, 3.63) is 11.5 Å². The van der Waals surface area contributed by atoms with E-state index in [1.165, 1.54) is 6.42 Å². The van der Waals surface area contributed by atoms with E-state index in [4.69, 9.17) is 16.6 Å². The minimum atomic E-state index is 0.456. The molecule has 2 rings (SSSR count). The second-order valence-electron chi connectivity index (χ2n) is 4.96. The standard InChI is InChI=1S/C14H23ClN4/c1-5-8-11(6-2)19-12(9-15)16-13-10(4)17-18(7-3)14(13)19/h11H,5-9H2,1-4H3. The lowest BCUT2D eigenvalue weighted by Gasteiger charge is -2.19. The van der Waals surface area contributed by atoms with Gasteiger partial charge in [-0.2, -0.15) is 5.10 Å². The molecule has 0 aliphatic heterocycles. The molecule has 2 heterocycles. The lowest BCUT2D eigenvalue weighted by molar-refractivity contribution is 0.439. The summed E-state index contributed by atoms with van der Waals surface area (Å²) in [5.74, 6) is 1.43. The molecule has 0 amide bonds.